The maximum Gasteiger partial charge on any atom is 0.257 e. The molecule has 3 amide bonds. The van der Waals surface area contributed by atoms with Crippen LogP contribution in [0, 0.1) is 0 Å². The summed E-state index contributed by atoms with van der Waals surface area (Å²) < 4.78 is 0.883. The van der Waals surface area contributed by atoms with Crippen molar-refractivity contribution >= 4 is 39.3 Å². The van der Waals surface area contributed by atoms with Gasteiger partial charge in [0.1, 0.15) is 6.04 Å². The van der Waals surface area contributed by atoms with E-state index in [4.69, 9.17) is 0 Å². The zero-order valence-corrected chi connectivity index (χ0v) is 14.6. The predicted octanol–water partition coefficient (Wildman–Crippen LogP) is 2.87. The summed E-state index contributed by atoms with van der Waals surface area (Å²) in [5.41, 5.74) is 0.556. The summed E-state index contributed by atoms with van der Waals surface area (Å²) in [4.78, 5) is 40.1. The number of carbonyl (C=O) groups is 3. The Morgan fingerprint density at radius 2 is 1.78 bits per heavy atom. The zero-order chi connectivity index (χ0) is 16.6. The Hall–Kier alpha value is -1.69. The van der Waals surface area contributed by atoms with Gasteiger partial charge in [0.15, 0.2) is 0 Å². The maximum absolute atomic E-state index is 12.8. The molecule has 2 aliphatic rings. The van der Waals surface area contributed by atoms with E-state index in [0.717, 1.165) is 30.2 Å². The zero-order valence-electron chi connectivity index (χ0n) is 13.0. The molecule has 5 nitrogen and oxygen atoms in total. The number of amides is 3. The van der Waals surface area contributed by atoms with Crippen molar-refractivity contribution in [2.45, 2.75) is 51.1 Å². The van der Waals surface area contributed by atoms with Crippen molar-refractivity contribution in [3.05, 3.63) is 28.7 Å². The molecule has 3 rings (SSSR count). The van der Waals surface area contributed by atoms with Crippen molar-refractivity contribution in [1.29, 1.82) is 0 Å². The van der Waals surface area contributed by atoms with Crippen LogP contribution < -0.4 is 4.90 Å². The fraction of sp³-hybridized carbons (Fsp3) is 0.471. The second-order valence-electron chi connectivity index (χ2n) is 6.13. The molecule has 6 heteroatoms. The lowest BCUT2D eigenvalue weighted by atomic mass is 10.1. The number of carbonyl (C=O) groups excluding carboxylic acids is 3. The van der Waals surface area contributed by atoms with Gasteiger partial charge in [-0.15, -0.1) is 0 Å². The standard InChI is InChI=1S/C17H19BrN2O3/c1-11(21)19(13-4-2-3-5-13)15-10-16(22)20(17(15)23)14-8-6-12(18)7-9-14/h6-9,13,15H,2-5,10H2,1H3. The summed E-state index contributed by atoms with van der Waals surface area (Å²) in [6.45, 7) is 1.48. The van der Waals surface area contributed by atoms with E-state index < -0.39 is 6.04 Å². The van der Waals surface area contributed by atoms with Crippen LogP contribution in [-0.2, 0) is 14.4 Å². The highest BCUT2D eigenvalue weighted by Gasteiger charge is 2.45. The van der Waals surface area contributed by atoms with Crippen LogP contribution in [0.1, 0.15) is 39.0 Å². The first-order valence-electron chi connectivity index (χ1n) is 7.90. The summed E-state index contributed by atoms with van der Waals surface area (Å²) in [5.74, 6) is -0.660. The van der Waals surface area contributed by atoms with Gasteiger partial charge in [0.25, 0.3) is 5.91 Å². The van der Waals surface area contributed by atoms with E-state index in [0.29, 0.717) is 5.69 Å². The molecule has 1 heterocycles. The van der Waals surface area contributed by atoms with Gasteiger partial charge in [-0.1, -0.05) is 28.8 Å². The monoisotopic (exact) mass is 378 g/mol. The maximum atomic E-state index is 12.8. The predicted molar refractivity (Wildman–Crippen MR) is 89.8 cm³/mol. The third kappa shape index (κ3) is 3.04. The Bertz CT molecular complexity index is 638. The van der Waals surface area contributed by atoms with Crippen LogP contribution in [0.2, 0.25) is 0 Å². The minimum Gasteiger partial charge on any atom is -0.327 e. The second-order valence-corrected chi connectivity index (χ2v) is 7.04. The fourth-order valence-corrected chi connectivity index (χ4v) is 3.87. The van der Waals surface area contributed by atoms with Crippen molar-refractivity contribution in [1.82, 2.24) is 4.90 Å². The van der Waals surface area contributed by atoms with Gasteiger partial charge in [0.05, 0.1) is 12.1 Å². The van der Waals surface area contributed by atoms with Gasteiger partial charge in [0.2, 0.25) is 11.8 Å². The average Bonchev–Trinajstić information content (AvgIpc) is 3.11. The SMILES string of the molecule is CC(=O)N(C1CCCC1)C1CC(=O)N(c2ccc(Br)cc2)C1=O. The Morgan fingerprint density at radius 3 is 2.35 bits per heavy atom. The van der Waals surface area contributed by atoms with Crippen molar-refractivity contribution < 1.29 is 14.4 Å². The smallest absolute Gasteiger partial charge is 0.257 e. The molecule has 1 saturated carbocycles. The van der Waals surface area contributed by atoms with E-state index in [2.05, 4.69) is 15.9 Å². The molecule has 1 atom stereocenters. The molecule has 0 N–H and O–H groups in total. The minimum atomic E-state index is -0.660. The molecule has 1 saturated heterocycles. The number of anilines is 1. The Balaban J connectivity index is 1.87. The minimum absolute atomic E-state index is 0.0744. The van der Waals surface area contributed by atoms with Gasteiger partial charge in [-0.05, 0) is 37.1 Å². The normalized spacial score (nSPS) is 22.0. The first-order valence-corrected chi connectivity index (χ1v) is 8.69. The molecule has 0 bridgehead atoms. The molecule has 0 spiro atoms. The third-order valence-electron chi connectivity index (χ3n) is 4.63. The van der Waals surface area contributed by atoms with E-state index in [1.165, 1.54) is 11.8 Å². The number of rotatable bonds is 3. The van der Waals surface area contributed by atoms with E-state index in [9.17, 15) is 14.4 Å². The number of benzene rings is 1. The third-order valence-corrected chi connectivity index (χ3v) is 5.15. The molecule has 1 aliphatic carbocycles. The Kier molecular flexibility index (Phi) is 4.53. The lowest BCUT2D eigenvalue weighted by Crippen LogP contribution is -2.49. The van der Waals surface area contributed by atoms with Crippen LogP contribution in [0.3, 0.4) is 0 Å². The van der Waals surface area contributed by atoms with Gasteiger partial charge in [0, 0.05) is 17.4 Å². The quantitative estimate of drug-likeness (QED) is 0.759. The van der Waals surface area contributed by atoms with Crippen molar-refractivity contribution in [2.75, 3.05) is 4.90 Å². The number of halogens is 1. The molecule has 122 valence electrons. The molecule has 1 aromatic rings. The summed E-state index contributed by atoms with van der Waals surface area (Å²) >= 11 is 3.34. The Labute approximate surface area is 143 Å². The summed E-state index contributed by atoms with van der Waals surface area (Å²) in [6, 6.07) is 6.48. The summed E-state index contributed by atoms with van der Waals surface area (Å²) in [6.07, 6.45) is 4.04. The molecule has 23 heavy (non-hydrogen) atoms. The summed E-state index contributed by atoms with van der Waals surface area (Å²) in [5, 5.41) is 0. The highest BCUT2D eigenvalue weighted by atomic mass is 79.9. The first-order chi connectivity index (χ1) is 11.0. The van der Waals surface area contributed by atoms with Gasteiger partial charge < -0.3 is 4.90 Å². The number of imide groups is 1. The molecule has 1 unspecified atom stereocenters. The second kappa shape index (κ2) is 6.43. The molecule has 0 aromatic heterocycles. The van der Waals surface area contributed by atoms with Crippen molar-refractivity contribution in [3.8, 4) is 0 Å². The fourth-order valence-electron chi connectivity index (χ4n) is 3.61. The number of hydrogen-bond acceptors (Lipinski definition) is 3. The lowest BCUT2D eigenvalue weighted by molar-refractivity contribution is -0.139. The van der Waals surface area contributed by atoms with E-state index in [-0.39, 0.29) is 30.2 Å². The van der Waals surface area contributed by atoms with Gasteiger partial charge in [-0.3, -0.25) is 14.4 Å². The lowest BCUT2D eigenvalue weighted by Gasteiger charge is -2.32. The van der Waals surface area contributed by atoms with Gasteiger partial charge in [-0.25, -0.2) is 4.90 Å². The molecular formula is C17H19BrN2O3. The Morgan fingerprint density at radius 1 is 1.17 bits per heavy atom. The van der Waals surface area contributed by atoms with E-state index in [1.807, 2.05) is 0 Å². The van der Waals surface area contributed by atoms with Crippen LogP contribution in [0.25, 0.3) is 0 Å². The van der Waals surface area contributed by atoms with Crippen LogP contribution in [0.15, 0.2) is 28.7 Å². The molecule has 1 aromatic carbocycles. The van der Waals surface area contributed by atoms with Crippen LogP contribution in [-0.4, -0.2) is 34.7 Å². The van der Waals surface area contributed by atoms with E-state index in [1.54, 1.807) is 29.2 Å². The number of nitrogens with zero attached hydrogens (tertiary/aromatic N) is 2. The van der Waals surface area contributed by atoms with Gasteiger partial charge >= 0.3 is 0 Å². The first kappa shape index (κ1) is 16.2. The van der Waals surface area contributed by atoms with Crippen LogP contribution >= 0.6 is 15.9 Å². The average molecular weight is 379 g/mol. The van der Waals surface area contributed by atoms with Crippen molar-refractivity contribution in [3.63, 3.8) is 0 Å². The van der Waals surface area contributed by atoms with E-state index >= 15 is 0 Å². The highest BCUT2D eigenvalue weighted by Crippen LogP contribution is 2.32. The molecular weight excluding hydrogens is 360 g/mol. The molecule has 2 fully saturated rings. The molecule has 0 radical (unpaired) electrons. The number of hydrogen-bond donors (Lipinski definition) is 0. The van der Waals surface area contributed by atoms with Gasteiger partial charge in [-0.2, -0.15) is 0 Å². The molecule has 1 aliphatic heterocycles. The van der Waals surface area contributed by atoms with Crippen LogP contribution in [0.4, 0.5) is 5.69 Å². The topological polar surface area (TPSA) is 57.7 Å². The van der Waals surface area contributed by atoms with Crippen LogP contribution in [0.5, 0.6) is 0 Å². The largest absolute Gasteiger partial charge is 0.327 e. The van der Waals surface area contributed by atoms with Crippen molar-refractivity contribution in [2.24, 2.45) is 0 Å². The summed E-state index contributed by atoms with van der Waals surface area (Å²) in [7, 11) is 0. The highest BCUT2D eigenvalue weighted by molar-refractivity contribution is 9.10.